The second-order valence-electron chi connectivity index (χ2n) is 6.68. The average molecular weight is 349 g/mol. The number of aromatic hydroxyl groups is 1. The van der Waals surface area contributed by atoms with Gasteiger partial charge in [-0.15, -0.1) is 0 Å². The Morgan fingerprint density at radius 3 is 2.69 bits per heavy atom. The molecule has 132 valence electrons. The molecule has 4 rings (SSSR count). The molecule has 1 aliphatic carbocycles. The van der Waals surface area contributed by atoms with Gasteiger partial charge >= 0.3 is 0 Å². The third-order valence-electron chi connectivity index (χ3n) is 4.80. The van der Waals surface area contributed by atoms with Crippen molar-refractivity contribution in [3.05, 3.63) is 69.6 Å². The van der Waals surface area contributed by atoms with Gasteiger partial charge in [0.05, 0.1) is 5.52 Å². The highest BCUT2D eigenvalue weighted by Crippen LogP contribution is 2.25. The number of hydrogen-bond acceptors (Lipinski definition) is 4. The summed E-state index contributed by atoms with van der Waals surface area (Å²) in [5, 5.41) is 13.2. The third-order valence-corrected chi connectivity index (χ3v) is 4.80. The van der Waals surface area contributed by atoms with Gasteiger partial charge in [0.15, 0.2) is 5.75 Å². The normalized spacial score (nSPS) is 14.2. The summed E-state index contributed by atoms with van der Waals surface area (Å²) in [5.41, 5.74) is 1.79. The molecule has 1 aliphatic rings. The molecule has 3 N–H and O–H groups in total. The molecule has 6 heteroatoms. The summed E-state index contributed by atoms with van der Waals surface area (Å²) in [6.07, 6.45) is 5.19. The van der Waals surface area contributed by atoms with E-state index in [9.17, 15) is 14.7 Å². The number of rotatable bonds is 4. The number of aromatic nitrogens is 2. The van der Waals surface area contributed by atoms with E-state index < -0.39 is 11.5 Å². The molecular formula is C20H19N3O3. The van der Waals surface area contributed by atoms with Crippen molar-refractivity contribution in [1.29, 1.82) is 0 Å². The lowest BCUT2D eigenvalue weighted by Crippen LogP contribution is -2.41. The topological polar surface area (TPSA) is 95.1 Å². The standard InChI is InChI=1S/C20H19N3O3/c24-18-16(19(25)22-14-7-4-8-14)20(26)23-15-10-13(11-21-17(15)18)9-12-5-2-1-3-6-12/h1-3,5-6,10-11,14H,4,7-9H2,(H,22,25)(H2,23,24,26). The van der Waals surface area contributed by atoms with E-state index in [0.29, 0.717) is 11.9 Å². The van der Waals surface area contributed by atoms with Crippen molar-refractivity contribution in [3.8, 4) is 5.75 Å². The maximum absolute atomic E-state index is 12.3. The minimum Gasteiger partial charge on any atom is -0.505 e. The summed E-state index contributed by atoms with van der Waals surface area (Å²) in [5.74, 6) is -0.919. The first-order valence-corrected chi connectivity index (χ1v) is 8.70. The van der Waals surface area contributed by atoms with Gasteiger partial charge in [0.1, 0.15) is 11.1 Å². The Kier molecular flexibility index (Phi) is 4.16. The van der Waals surface area contributed by atoms with Gasteiger partial charge in [0.25, 0.3) is 11.5 Å². The fourth-order valence-corrected chi connectivity index (χ4v) is 3.15. The van der Waals surface area contributed by atoms with Gasteiger partial charge in [-0.25, -0.2) is 0 Å². The van der Waals surface area contributed by atoms with Crippen LogP contribution < -0.4 is 10.9 Å². The zero-order valence-corrected chi connectivity index (χ0v) is 14.2. The first kappa shape index (κ1) is 16.3. The van der Waals surface area contributed by atoms with Crippen LogP contribution in [0, 0.1) is 0 Å². The molecule has 2 aromatic heterocycles. The Morgan fingerprint density at radius 1 is 1.23 bits per heavy atom. The van der Waals surface area contributed by atoms with Crippen LogP contribution in [0.1, 0.15) is 40.7 Å². The number of carbonyl (C=O) groups excluding carboxylic acids is 1. The first-order chi connectivity index (χ1) is 12.6. The lowest BCUT2D eigenvalue weighted by atomic mass is 9.93. The highest BCUT2D eigenvalue weighted by molar-refractivity contribution is 6.01. The number of H-pyrrole nitrogens is 1. The number of nitrogens with zero attached hydrogens (tertiary/aromatic N) is 1. The summed E-state index contributed by atoms with van der Waals surface area (Å²) >= 11 is 0. The largest absolute Gasteiger partial charge is 0.505 e. The predicted octanol–water partition coefficient (Wildman–Crippen LogP) is 2.50. The molecule has 26 heavy (non-hydrogen) atoms. The quantitative estimate of drug-likeness (QED) is 0.674. The summed E-state index contributed by atoms with van der Waals surface area (Å²) in [6, 6.07) is 11.8. The number of fused-ring (bicyclic) bond motifs is 1. The molecule has 0 unspecified atom stereocenters. The molecule has 0 aliphatic heterocycles. The van der Waals surface area contributed by atoms with Crippen LogP contribution in [0.3, 0.4) is 0 Å². The van der Waals surface area contributed by atoms with E-state index in [1.807, 2.05) is 30.3 Å². The highest BCUT2D eigenvalue weighted by atomic mass is 16.3. The Morgan fingerprint density at radius 2 is 2.00 bits per heavy atom. The van der Waals surface area contributed by atoms with E-state index >= 15 is 0 Å². The molecule has 0 radical (unpaired) electrons. The van der Waals surface area contributed by atoms with Crippen molar-refractivity contribution in [3.63, 3.8) is 0 Å². The first-order valence-electron chi connectivity index (χ1n) is 8.70. The van der Waals surface area contributed by atoms with Crippen molar-refractivity contribution in [2.75, 3.05) is 0 Å². The zero-order chi connectivity index (χ0) is 18.1. The van der Waals surface area contributed by atoms with Crippen molar-refractivity contribution < 1.29 is 9.90 Å². The molecule has 1 saturated carbocycles. The molecule has 0 atom stereocenters. The van der Waals surface area contributed by atoms with Crippen molar-refractivity contribution in [2.45, 2.75) is 31.7 Å². The van der Waals surface area contributed by atoms with Crippen LogP contribution in [-0.4, -0.2) is 27.0 Å². The minimum atomic E-state index is -0.606. The van der Waals surface area contributed by atoms with Crippen molar-refractivity contribution in [1.82, 2.24) is 15.3 Å². The van der Waals surface area contributed by atoms with E-state index in [-0.39, 0.29) is 22.9 Å². The minimum absolute atomic E-state index is 0.0817. The van der Waals surface area contributed by atoms with Gasteiger partial charge in [-0.1, -0.05) is 30.3 Å². The van der Waals surface area contributed by atoms with Gasteiger partial charge in [0.2, 0.25) is 0 Å². The van der Waals surface area contributed by atoms with E-state index in [0.717, 1.165) is 30.4 Å². The van der Waals surface area contributed by atoms with Crippen LogP contribution in [0.5, 0.6) is 5.75 Å². The fourth-order valence-electron chi connectivity index (χ4n) is 3.15. The van der Waals surface area contributed by atoms with E-state index in [4.69, 9.17) is 0 Å². The molecule has 3 aromatic rings. The third kappa shape index (κ3) is 3.06. The summed E-state index contributed by atoms with van der Waals surface area (Å²) in [7, 11) is 0. The molecule has 0 bridgehead atoms. The Labute approximate surface area is 149 Å². The van der Waals surface area contributed by atoms with Crippen molar-refractivity contribution >= 4 is 16.9 Å². The number of aromatic amines is 1. The molecule has 2 heterocycles. The Bertz CT molecular complexity index is 1020. The van der Waals surface area contributed by atoms with E-state index in [1.165, 1.54) is 0 Å². The van der Waals surface area contributed by atoms with Crippen LogP contribution >= 0.6 is 0 Å². The monoisotopic (exact) mass is 349 g/mol. The number of carbonyl (C=O) groups is 1. The van der Waals surface area contributed by atoms with Crippen molar-refractivity contribution in [2.24, 2.45) is 0 Å². The molecule has 6 nitrogen and oxygen atoms in total. The summed E-state index contributed by atoms with van der Waals surface area (Å²) < 4.78 is 0. The fraction of sp³-hybridized carbons (Fsp3) is 0.250. The SMILES string of the molecule is O=C(NC1CCC1)c1c(O)c2ncc(Cc3ccccc3)cc2[nH]c1=O. The molecule has 0 spiro atoms. The lowest BCUT2D eigenvalue weighted by molar-refractivity contribution is 0.0913. The number of benzene rings is 1. The maximum Gasteiger partial charge on any atom is 0.265 e. The van der Waals surface area contributed by atoms with Crippen LogP contribution in [0.2, 0.25) is 0 Å². The Hall–Kier alpha value is -3.15. The molecule has 1 fully saturated rings. The summed E-state index contributed by atoms with van der Waals surface area (Å²) in [6.45, 7) is 0. The lowest BCUT2D eigenvalue weighted by Gasteiger charge is -2.26. The Balaban J connectivity index is 1.68. The van der Waals surface area contributed by atoms with Gasteiger partial charge in [-0.2, -0.15) is 0 Å². The molecule has 0 saturated heterocycles. The van der Waals surface area contributed by atoms with Crippen LogP contribution in [0.15, 0.2) is 47.4 Å². The predicted molar refractivity (Wildman–Crippen MR) is 98.4 cm³/mol. The van der Waals surface area contributed by atoms with Gasteiger partial charge in [-0.3, -0.25) is 14.6 Å². The maximum atomic E-state index is 12.3. The average Bonchev–Trinajstić information content (AvgIpc) is 2.59. The van der Waals surface area contributed by atoms with Gasteiger partial charge < -0.3 is 15.4 Å². The molecular weight excluding hydrogens is 330 g/mol. The van der Waals surface area contributed by atoms with Crippen LogP contribution in [0.4, 0.5) is 0 Å². The van der Waals surface area contributed by atoms with Crippen LogP contribution in [0.25, 0.3) is 11.0 Å². The second kappa shape index (κ2) is 6.63. The van der Waals surface area contributed by atoms with Crippen LogP contribution in [-0.2, 0) is 6.42 Å². The van der Waals surface area contributed by atoms with Gasteiger partial charge in [-0.05, 0) is 42.9 Å². The van der Waals surface area contributed by atoms with Gasteiger partial charge in [0, 0.05) is 12.2 Å². The second-order valence-corrected chi connectivity index (χ2v) is 6.68. The highest BCUT2D eigenvalue weighted by Gasteiger charge is 2.25. The number of pyridine rings is 2. The molecule has 1 aromatic carbocycles. The number of nitrogens with one attached hydrogen (secondary N) is 2. The van der Waals surface area contributed by atoms with E-state index in [1.54, 1.807) is 12.3 Å². The molecule has 1 amide bonds. The number of hydrogen-bond donors (Lipinski definition) is 3. The zero-order valence-electron chi connectivity index (χ0n) is 14.2. The van der Waals surface area contributed by atoms with E-state index in [2.05, 4.69) is 15.3 Å². The number of amides is 1. The smallest absolute Gasteiger partial charge is 0.265 e. The summed E-state index contributed by atoms with van der Waals surface area (Å²) in [4.78, 5) is 31.6.